The second kappa shape index (κ2) is 7.62. The highest BCUT2D eigenvalue weighted by Crippen LogP contribution is 2.25. The van der Waals surface area contributed by atoms with Crippen molar-refractivity contribution in [3.63, 3.8) is 0 Å². The van der Waals surface area contributed by atoms with Gasteiger partial charge in [-0.05, 0) is 66.9 Å². The van der Waals surface area contributed by atoms with Gasteiger partial charge < -0.3 is 0 Å². The summed E-state index contributed by atoms with van der Waals surface area (Å²) in [5, 5.41) is 18.9. The zero-order valence-corrected chi connectivity index (χ0v) is 13.8. The van der Waals surface area contributed by atoms with Crippen molar-refractivity contribution in [2.75, 3.05) is 0 Å². The fourth-order valence-electron chi connectivity index (χ4n) is 3.25. The van der Waals surface area contributed by atoms with E-state index in [1.807, 2.05) is 12.2 Å². The molecule has 0 N–H and O–H groups in total. The van der Waals surface area contributed by atoms with E-state index in [9.17, 15) is 10.5 Å². The van der Waals surface area contributed by atoms with Gasteiger partial charge in [-0.15, -0.1) is 0 Å². The Morgan fingerprint density at radius 3 is 2.00 bits per heavy atom. The molecule has 0 atom stereocenters. The van der Waals surface area contributed by atoms with E-state index in [0.717, 1.165) is 44.1 Å². The first kappa shape index (κ1) is 16.0. The maximum absolute atomic E-state index is 9.52. The van der Waals surface area contributed by atoms with Crippen molar-refractivity contribution in [2.45, 2.75) is 38.5 Å². The zero-order chi connectivity index (χ0) is 16.8. The van der Waals surface area contributed by atoms with Crippen molar-refractivity contribution in [1.29, 1.82) is 10.5 Å². The molecule has 0 aromatic heterocycles. The highest BCUT2D eigenvalue weighted by molar-refractivity contribution is 5.57. The maximum Gasteiger partial charge on any atom is 0.101 e. The van der Waals surface area contributed by atoms with E-state index in [4.69, 9.17) is 0 Å². The summed E-state index contributed by atoms with van der Waals surface area (Å²) in [7, 11) is 0. The Balaban J connectivity index is 1.96. The summed E-state index contributed by atoms with van der Waals surface area (Å²) in [6, 6.07) is 13.3. The Bertz CT molecular complexity index is 818. The molecule has 0 heterocycles. The van der Waals surface area contributed by atoms with E-state index in [1.54, 1.807) is 6.08 Å². The molecular formula is C22H20N2. The van der Waals surface area contributed by atoms with Crippen LogP contribution in [0, 0.1) is 22.7 Å². The molecular weight excluding hydrogens is 292 g/mol. The molecule has 1 aromatic carbocycles. The predicted octanol–water partition coefficient (Wildman–Crippen LogP) is 5.11. The highest BCUT2D eigenvalue weighted by Gasteiger charge is 2.12. The van der Waals surface area contributed by atoms with Crippen LogP contribution in [0.5, 0.6) is 0 Å². The molecule has 118 valence electrons. The van der Waals surface area contributed by atoms with Crippen molar-refractivity contribution >= 4 is 0 Å². The van der Waals surface area contributed by atoms with Gasteiger partial charge in [-0.25, -0.2) is 0 Å². The molecule has 0 radical (unpaired) electrons. The largest absolute Gasteiger partial charge is 0.192 e. The lowest BCUT2D eigenvalue weighted by atomic mass is 9.91. The summed E-state index contributed by atoms with van der Waals surface area (Å²) in [5.41, 5.74) is 5.90. The smallest absolute Gasteiger partial charge is 0.101 e. The number of nitrogens with zero attached hydrogens (tertiary/aromatic N) is 2. The fraction of sp³-hybridized carbons (Fsp3) is 0.273. The lowest BCUT2D eigenvalue weighted by Crippen LogP contribution is -1.98. The van der Waals surface area contributed by atoms with Crippen LogP contribution in [0.1, 0.15) is 36.8 Å². The molecule has 4 rings (SSSR count). The fourth-order valence-corrected chi connectivity index (χ4v) is 3.25. The van der Waals surface area contributed by atoms with Gasteiger partial charge >= 0.3 is 0 Å². The van der Waals surface area contributed by atoms with Gasteiger partial charge in [0.05, 0.1) is 11.1 Å². The summed E-state index contributed by atoms with van der Waals surface area (Å²) in [5.74, 6) is 0. The minimum Gasteiger partial charge on any atom is -0.192 e. The van der Waals surface area contributed by atoms with Crippen molar-refractivity contribution in [3.05, 3.63) is 82.0 Å². The molecule has 2 nitrogen and oxygen atoms in total. The quantitative estimate of drug-likeness (QED) is 0.668. The number of aryl methyl sites for hydroxylation is 2. The summed E-state index contributed by atoms with van der Waals surface area (Å²) in [6.07, 6.45) is 13.8. The first-order chi connectivity index (χ1) is 11.8. The molecule has 1 aromatic rings. The molecule has 0 unspecified atom stereocenters. The summed E-state index contributed by atoms with van der Waals surface area (Å²) in [4.78, 5) is 0. The second-order valence-corrected chi connectivity index (χ2v) is 6.30. The Labute approximate surface area is 143 Å². The molecule has 0 amide bonds. The minimum atomic E-state index is 0.477. The zero-order valence-electron chi connectivity index (χ0n) is 13.8. The monoisotopic (exact) mass is 312 g/mol. The lowest BCUT2D eigenvalue weighted by molar-refractivity contribution is 0.805. The van der Waals surface area contributed by atoms with Gasteiger partial charge in [0, 0.05) is 0 Å². The van der Waals surface area contributed by atoms with Gasteiger partial charge in [0.1, 0.15) is 12.1 Å². The van der Waals surface area contributed by atoms with Crippen LogP contribution in [0.3, 0.4) is 0 Å². The predicted molar refractivity (Wildman–Crippen MR) is 95.9 cm³/mol. The SMILES string of the molecule is N#CC1=C(C#N)/C2=C\C=C(/C=C\1)CCCc1ccc(cc1)CCC2. The van der Waals surface area contributed by atoms with E-state index in [-0.39, 0.29) is 0 Å². The van der Waals surface area contributed by atoms with Gasteiger partial charge in [0.25, 0.3) is 0 Å². The number of hydrogen-bond donors (Lipinski definition) is 0. The third-order valence-electron chi connectivity index (χ3n) is 4.65. The Morgan fingerprint density at radius 2 is 1.38 bits per heavy atom. The van der Waals surface area contributed by atoms with E-state index >= 15 is 0 Å². The third-order valence-corrected chi connectivity index (χ3v) is 4.65. The molecule has 4 bridgehead atoms. The van der Waals surface area contributed by atoms with Crippen LogP contribution in [0.25, 0.3) is 0 Å². The number of allylic oxidation sites excluding steroid dienone is 8. The molecule has 2 heteroatoms. The number of hydrogen-bond acceptors (Lipinski definition) is 2. The number of nitriles is 2. The van der Waals surface area contributed by atoms with Gasteiger partial charge in [-0.1, -0.05) is 42.5 Å². The molecule has 3 aliphatic rings. The highest BCUT2D eigenvalue weighted by atomic mass is 14.3. The molecule has 0 saturated heterocycles. The van der Waals surface area contributed by atoms with Gasteiger partial charge in [0.15, 0.2) is 0 Å². The molecule has 0 aliphatic heterocycles. The topological polar surface area (TPSA) is 47.6 Å². The number of fused-ring (bicyclic) bond motifs is 6. The van der Waals surface area contributed by atoms with E-state index < -0.39 is 0 Å². The Morgan fingerprint density at radius 1 is 0.708 bits per heavy atom. The third kappa shape index (κ3) is 3.73. The summed E-state index contributed by atoms with van der Waals surface area (Å²) >= 11 is 0. The van der Waals surface area contributed by atoms with Gasteiger partial charge in [-0.3, -0.25) is 0 Å². The van der Waals surface area contributed by atoms with Crippen LogP contribution >= 0.6 is 0 Å². The first-order valence-electron chi connectivity index (χ1n) is 8.50. The van der Waals surface area contributed by atoms with Gasteiger partial charge in [0.2, 0.25) is 0 Å². The van der Waals surface area contributed by atoms with Crippen LogP contribution in [0.2, 0.25) is 0 Å². The van der Waals surface area contributed by atoms with Crippen molar-refractivity contribution in [1.82, 2.24) is 0 Å². The van der Waals surface area contributed by atoms with Crippen molar-refractivity contribution in [3.8, 4) is 12.1 Å². The normalized spacial score (nSPS) is 26.6. The number of benzene rings is 1. The van der Waals surface area contributed by atoms with Gasteiger partial charge in [-0.2, -0.15) is 10.5 Å². The van der Waals surface area contributed by atoms with E-state index in [0.29, 0.717) is 11.1 Å². The van der Waals surface area contributed by atoms with E-state index in [2.05, 4.69) is 42.5 Å². The molecule has 0 saturated carbocycles. The molecule has 3 aliphatic carbocycles. The van der Waals surface area contributed by atoms with Crippen LogP contribution in [-0.4, -0.2) is 0 Å². The molecule has 0 spiro atoms. The lowest BCUT2D eigenvalue weighted by Gasteiger charge is -2.12. The van der Waals surface area contributed by atoms with Crippen LogP contribution in [0.4, 0.5) is 0 Å². The minimum absolute atomic E-state index is 0.477. The maximum atomic E-state index is 9.52. The van der Waals surface area contributed by atoms with Crippen LogP contribution < -0.4 is 0 Å². The van der Waals surface area contributed by atoms with E-state index in [1.165, 1.54) is 16.7 Å². The standard InChI is InChI=1S/C22H20N2/c23-15-21-14-12-19-4-1-3-17-7-9-18(10-8-17)5-2-6-20(13-11-19)22(21)16-24/h7-14H,1-6H2/b13-11?,14-12-,19-11-,19-12?,20-13-,21-14?,22-20?,22-21+. The van der Waals surface area contributed by atoms with Crippen LogP contribution in [0.15, 0.2) is 70.9 Å². The van der Waals surface area contributed by atoms with Crippen molar-refractivity contribution < 1.29 is 0 Å². The van der Waals surface area contributed by atoms with Crippen LogP contribution in [-0.2, 0) is 12.8 Å². The molecule has 0 fully saturated rings. The first-order valence-corrected chi connectivity index (χ1v) is 8.50. The average molecular weight is 312 g/mol. The summed E-state index contributed by atoms with van der Waals surface area (Å²) < 4.78 is 0. The Hall–Kier alpha value is -2.84. The molecule has 24 heavy (non-hydrogen) atoms. The number of rotatable bonds is 0. The summed E-state index contributed by atoms with van der Waals surface area (Å²) in [6.45, 7) is 0. The average Bonchev–Trinajstić information content (AvgIpc) is 2.60. The van der Waals surface area contributed by atoms with Crippen molar-refractivity contribution in [2.24, 2.45) is 0 Å². The Kier molecular flexibility index (Phi) is 5.09. The second-order valence-electron chi connectivity index (χ2n) is 6.30.